The van der Waals surface area contributed by atoms with Crippen LogP contribution in [0.2, 0.25) is 5.02 Å². The van der Waals surface area contributed by atoms with Gasteiger partial charge in [0.25, 0.3) is 10.0 Å². The molecule has 130 valence electrons. The van der Waals surface area contributed by atoms with Crippen LogP contribution in [0.4, 0.5) is 10.2 Å². The number of hydrogen-bond donors (Lipinski definition) is 3. The fraction of sp³-hybridized carbons (Fsp3) is 0. The van der Waals surface area contributed by atoms with E-state index < -0.39 is 37.3 Å². The maximum absolute atomic E-state index is 14.0. The minimum Gasteiger partial charge on any atom is -0.478 e. The van der Waals surface area contributed by atoms with Crippen molar-refractivity contribution in [3.63, 3.8) is 0 Å². The number of aromatic nitrogens is 2. The predicted octanol–water partition coefficient (Wildman–Crippen LogP) is 2.96. The van der Waals surface area contributed by atoms with E-state index in [0.717, 1.165) is 0 Å². The van der Waals surface area contributed by atoms with Crippen LogP contribution >= 0.6 is 11.6 Å². The summed E-state index contributed by atoms with van der Waals surface area (Å²) in [7, 11) is -4.43. The topological polar surface area (TPSA) is 125 Å². The van der Waals surface area contributed by atoms with Crippen molar-refractivity contribution < 1.29 is 27.1 Å². The minimum absolute atomic E-state index is 0.127. The SMILES string of the molecule is O=C(O)c1cc(S(=O)(=O)Nc2cc(-c3ccco3)[nH]n2)c(F)cc1Cl. The first-order valence-electron chi connectivity index (χ1n) is 6.62. The van der Waals surface area contributed by atoms with E-state index in [2.05, 4.69) is 14.9 Å². The molecule has 0 bridgehead atoms. The van der Waals surface area contributed by atoms with Crippen LogP contribution in [0, 0.1) is 5.82 Å². The smallest absolute Gasteiger partial charge is 0.337 e. The third kappa shape index (κ3) is 3.35. The van der Waals surface area contributed by atoms with Gasteiger partial charge in [0, 0.05) is 6.07 Å². The van der Waals surface area contributed by atoms with E-state index in [0.29, 0.717) is 23.6 Å². The number of halogens is 2. The predicted molar refractivity (Wildman–Crippen MR) is 85.5 cm³/mol. The lowest BCUT2D eigenvalue weighted by Crippen LogP contribution is -2.16. The van der Waals surface area contributed by atoms with Crippen molar-refractivity contribution in [2.24, 2.45) is 0 Å². The number of furan rings is 1. The molecule has 0 saturated carbocycles. The van der Waals surface area contributed by atoms with Gasteiger partial charge in [-0.2, -0.15) is 5.10 Å². The average Bonchev–Trinajstić information content (AvgIpc) is 3.16. The Morgan fingerprint density at radius 2 is 2.12 bits per heavy atom. The summed E-state index contributed by atoms with van der Waals surface area (Å²) in [5.41, 5.74) is -0.146. The average molecular weight is 386 g/mol. The van der Waals surface area contributed by atoms with E-state index in [1.54, 1.807) is 12.1 Å². The van der Waals surface area contributed by atoms with Gasteiger partial charge in [-0.05, 0) is 24.3 Å². The number of rotatable bonds is 5. The molecule has 8 nitrogen and oxygen atoms in total. The zero-order chi connectivity index (χ0) is 18.2. The summed E-state index contributed by atoms with van der Waals surface area (Å²) < 4.78 is 45.8. The number of aromatic carboxylic acids is 1. The Labute approximate surface area is 145 Å². The first-order valence-corrected chi connectivity index (χ1v) is 8.48. The molecule has 2 aromatic heterocycles. The largest absolute Gasteiger partial charge is 0.478 e. The summed E-state index contributed by atoms with van der Waals surface area (Å²) in [4.78, 5) is 10.2. The Hall–Kier alpha value is -2.85. The summed E-state index contributed by atoms with van der Waals surface area (Å²) in [6.45, 7) is 0. The number of sulfonamides is 1. The van der Waals surface area contributed by atoms with Crippen LogP contribution in [0.15, 0.2) is 45.9 Å². The molecule has 0 spiro atoms. The summed E-state index contributed by atoms with van der Waals surface area (Å²) in [6, 6.07) is 5.86. The molecule has 25 heavy (non-hydrogen) atoms. The molecule has 2 heterocycles. The highest BCUT2D eigenvalue weighted by Gasteiger charge is 2.24. The van der Waals surface area contributed by atoms with Crippen LogP contribution < -0.4 is 4.72 Å². The highest BCUT2D eigenvalue weighted by molar-refractivity contribution is 7.92. The van der Waals surface area contributed by atoms with Gasteiger partial charge in [-0.15, -0.1) is 0 Å². The van der Waals surface area contributed by atoms with E-state index in [1.807, 2.05) is 0 Å². The van der Waals surface area contributed by atoms with Crippen LogP contribution in [0.25, 0.3) is 11.5 Å². The van der Waals surface area contributed by atoms with Crippen molar-refractivity contribution in [2.75, 3.05) is 4.72 Å². The Kier molecular flexibility index (Phi) is 4.23. The van der Waals surface area contributed by atoms with Crippen molar-refractivity contribution in [2.45, 2.75) is 4.90 Å². The highest BCUT2D eigenvalue weighted by Crippen LogP contribution is 2.26. The van der Waals surface area contributed by atoms with Crippen LogP contribution in [0.3, 0.4) is 0 Å². The first kappa shape index (κ1) is 17.0. The molecule has 0 saturated heterocycles. The number of nitrogens with zero attached hydrogens (tertiary/aromatic N) is 1. The second kappa shape index (κ2) is 6.22. The molecule has 1 aromatic carbocycles. The molecule has 0 aliphatic carbocycles. The molecule has 3 rings (SSSR count). The van der Waals surface area contributed by atoms with Crippen LogP contribution in [-0.4, -0.2) is 29.7 Å². The molecule has 0 aliphatic heterocycles. The Bertz CT molecular complexity index is 1050. The second-order valence-electron chi connectivity index (χ2n) is 4.82. The van der Waals surface area contributed by atoms with E-state index in [1.165, 1.54) is 12.3 Å². The lowest BCUT2D eigenvalue weighted by Gasteiger charge is -2.08. The number of H-pyrrole nitrogens is 1. The minimum atomic E-state index is -4.43. The third-order valence-electron chi connectivity index (χ3n) is 3.14. The molecular formula is C14H9ClFN3O5S. The molecular weight excluding hydrogens is 377 g/mol. The van der Waals surface area contributed by atoms with Gasteiger partial charge in [0.1, 0.15) is 16.4 Å². The fourth-order valence-electron chi connectivity index (χ4n) is 2.02. The van der Waals surface area contributed by atoms with Gasteiger partial charge < -0.3 is 9.52 Å². The standard InChI is InChI=1S/C14H9ClFN3O5S/c15-8-5-9(16)12(4-7(8)14(20)21)25(22,23)19-13-6-10(17-18-13)11-2-1-3-24-11/h1-6H,(H,20,21)(H2,17,18,19). The Balaban J connectivity index is 1.95. The van der Waals surface area contributed by atoms with Crippen LogP contribution in [0.5, 0.6) is 0 Å². The lowest BCUT2D eigenvalue weighted by molar-refractivity contribution is 0.0696. The zero-order valence-electron chi connectivity index (χ0n) is 12.2. The molecule has 3 N–H and O–H groups in total. The molecule has 11 heteroatoms. The van der Waals surface area contributed by atoms with E-state index in [9.17, 15) is 17.6 Å². The first-order chi connectivity index (χ1) is 11.8. The van der Waals surface area contributed by atoms with Gasteiger partial charge in [-0.1, -0.05) is 11.6 Å². The van der Waals surface area contributed by atoms with Crippen molar-refractivity contribution >= 4 is 33.4 Å². The lowest BCUT2D eigenvalue weighted by atomic mass is 10.2. The number of nitrogens with one attached hydrogen (secondary N) is 2. The molecule has 3 aromatic rings. The summed E-state index contributed by atoms with van der Waals surface area (Å²) in [6.07, 6.45) is 1.43. The number of carbonyl (C=O) groups is 1. The molecule has 0 radical (unpaired) electrons. The van der Waals surface area contributed by atoms with E-state index >= 15 is 0 Å². The van der Waals surface area contributed by atoms with Gasteiger partial charge in [0.15, 0.2) is 11.6 Å². The maximum Gasteiger partial charge on any atom is 0.337 e. The van der Waals surface area contributed by atoms with Gasteiger partial charge in [0.2, 0.25) is 0 Å². The molecule has 0 unspecified atom stereocenters. The highest BCUT2D eigenvalue weighted by atomic mass is 35.5. The summed E-state index contributed by atoms with van der Waals surface area (Å²) in [5, 5.41) is 14.9. The van der Waals surface area contributed by atoms with Crippen LogP contribution in [0.1, 0.15) is 10.4 Å². The van der Waals surface area contributed by atoms with Crippen molar-refractivity contribution in [1.29, 1.82) is 0 Å². The van der Waals surface area contributed by atoms with Gasteiger partial charge in [-0.25, -0.2) is 17.6 Å². The van der Waals surface area contributed by atoms with Crippen molar-refractivity contribution in [3.8, 4) is 11.5 Å². The third-order valence-corrected chi connectivity index (χ3v) is 4.83. The molecule has 0 atom stereocenters. The molecule has 0 aliphatic rings. The van der Waals surface area contributed by atoms with Gasteiger partial charge in [0.05, 0.1) is 16.8 Å². The Morgan fingerprint density at radius 1 is 1.36 bits per heavy atom. The Morgan fingerprint density at radius 3 is 2.76 bits per heavy atom. The van der Waals surface area contributed by atoms with E-state index in [-0.39, 0.29) is 5.82 Å². The van der Waals surface area contributed by atoms with Gasteiger partial charge >= 0.3 is 5.97 Å². The fourth-order valence-corrected chi connectivity index (χ4v) is 3.33. The second-order valence-corrected chi connectivity index (χ2v) is 6.88. The monoisotopic (exact) mass is 385 g/mol. The van der Waals surface area contributed by atoms with E-state index in [4.69, 9.17) is 21.1 Å². The van der Waals surface area contributed by atoms with Crippen molar-refractivity contribution in [1.82, 2.24) is 10.2 Å². The normalized spacial score (nSPS) is 11.4. The van der Waals surface area contributed by atoms with Crippen molar-refractivity contribution in [3.05, 3.63) is 53.0 Å². The number of anilines is 1. The number of carboxylic acid groups (broad SMARTS) is 1. The zero-order valence-corrected chi connectivity index (χ0v) is 13.7. The summed E-state index contributed by atoms with van der Waals surface area (Å²) >= 11 is 5.60. The number of benzene rings is 1. The quantitative estimate of drug-likeness (QED) is 0.620. The number of aromatic amines is 1. The maximum atomic E-state index is 14.0. The van der Waals surface area contributed by atoms with Crippen LogP contribution in [-0.2, 0) is 10.0 Å². The number of hydrogen-bond acceptors (Lipinski definition) is 5. The number of carboxylic acids is 1. The summed E-state index contributed by atoms with van der Waals surface area (Å²) in [5.74, 6) is -2.38. The molecule has 0 fully saturated rings. The van der Waals surface area contributed by atoms with Gasteiger partial charge in [-0.3, -0.25) is 9.82 Å². The molecule has 0 amide bonds.